The Morgan fingerprint density at radius 2 is 1.64 bits per heavy atom. The van der Waals surface area contributed by atoms with Gasteiger partial charge in [-0.15, -0.1) is 0 Å². The zero-order chi connectivity index (χ0) is 31.5. The van der Waals surface area contributed by atoms with Gasteiger partial charge in [-0.05, 0) is 79.0 Å². The van der Waals surface area contributed by atoms with Crippen molar-refractivity contribution >= 4 is 17.5 Å². The van der Waals surface area contributed by atoms with E-state index in [0.717, 1.165) is 31.2 Å². The third-order valence-corrected chi connectivity index (χ3v) is 9.69. The van der Waals surface area contributed by atoms with Gasteiger partial charge in [0.2, 0.25) is 17.8 Å². The summed E-state index contributed by atoms with van der Waals surface area (Å²) in [6.07, 6.45) is 4.86. The average Bonchev–Trinajstić information content (AvgIpc) is 3.91. The predicted molar refractivity (Wildman–Crippen MR) is 148 cm³/mol. The summed E-state index contributed by atoms with van der Waals surface area (Å²) in [5.41, 5.74) is 1.47. The third kappa shape index (κ3) is 6.54. The first kappa shape index (κ1) is 30.1. The molecule has 0 saturated heterocycles. The second-order valence-corrected chi connectivity index (χ2v) is 13.4. The Labute approximate surface area is 255 Å². The molecule has 45 heavy (non-hydrogen) atoms. The second kappa shape index (κ2) is 11.3. The minimum Gasteiger partial charge on any atom is -0.386 e. The lowest BCUT2D eigenvalue weighted by molar-refractivity contribution is -0.134. The van der Waals surface area contributed by atoms with E-state index in [2.05, 4.69) is 26.0 Å². The molecule has 0 radical (unpaired) electrons. The van der Waals surface area contributed by atoms with Gasteiger partial charge in [-0.2, -0.15) is 5.10 Å². The molecule has 7 rings (SSSR count). The molecule has 4 aliphatic rings. The molecule has 3 aromatic rings. The highest BCUT2D eigenvalue weighted by molar-refractivity contribution is 5.93. The Bertz CT molecular complexity index is 1570. The monoisotopic (exact) mass is 633 g/mol. The van der Waals surface area contributed by atoms with E-state index < -0.39 is 29.9 Å². The van der Waals surface area contributed by atoms with Crippen LogP contribution in [0.5, 0.6) is 0 Å². The maximum atomic E-state index is 14.1. The van der Waals surface area contributed by atoms with Gasteiger partial charge in [0.1, 0.15) is 11.8 Å². The number of aromatic nitrogens is 5. The van der Waals surface area contributed by atoms with Crippen LogP contribution in [0.25, 0.3) is 5.65 Å². The van der Waals surface area contributed by atoms with Crippen molar-refractivity contribution in [3.63, 3.8) is 0 Å². The van der Waals surface area contributed by atoms with Gasteiger partial charge in [-0.3, -0.25) is 9.59 Å². The van der Waals surface area contributed by atoms with Gasteiger partial charge in [-0.25, -0.2) is 31.7 Å². The number of rotatable bonds is 11. The maximum Gasteiger partial charge on any atom is 0.276 e. The van der Waals surface area contributed by atoms with E-state index in [4.69, 9.17) is 9.61 Å². The first-order valence-electron chi connectivity index (χ1n) is 15.7. The van der Waals surface area contributed by atoms with Crippen LogP contribution in [-0.4, -0.2) is 53.7 Å². The number of aliphatic hydroxyl groups excluding tert-OH is 1. The number of hydrogen-bond donors (Lipinski definition) is 3. The lowest BCUT2D eigenvalue weighted by atomic mass is 9.79. The minimum absolute atomic E-state index is 0.0225. The Balaban J connectivity index is 1.12. The van der Waals surface area contributed by atoms with E-state index in [0.29, 0.717) is 11.3 Å². The molecule has 3 N–H and O–H groups in total. The van der Waals surface area contributed by atoms with Crippen LogP contribution in [0.15, 0.2) is 23.1 Å². The lowest BCUT2D eigenvalue weighted by Crippen LogP contribution is -2.39. The van der Waals surface area contributed by atoms with Crippen molar-refractivity contribution in [1.82, 2.24) is 35.5 Å². The van der Waals surface area contributed by atoms with Gasteiger partial charge in [-0.1, -0.05) is 5.16 Å². The molecule has 0 spiro atoms. The zero-order valence-corrected chi connectivity index (χ0v) is 24.5. The zero-order valence-electron chi connectivity index (χ0n) is 24.5. The van der Waals surface area contributed by atoms with Gasteiger partial charge in [0, 0.05) is 32.1 Å². The number of hydrogen-bond acceptors (Lipinski definition) is 8. The highest BCUT2D eigenvalue weighted by atomic mass is 19.3. The number of aliphatic hydroxyl groups is 1. The fraction of sp³-hybridized carbons (Fsp3) is 0.667. The van der Waals surface area contributed by atoms with Crippen molar-refractivity contribution in [1.29, 1.82) is 0 Å². The molecule has 11 nitrogen and oxygen atoms in total. The van der Waals surface area contributed by atoms with Gasteiger partial charge in [0.15, 0.2) is 11.3 Å². The number of nitrogens with one attached hydrogen (secondary N) is 2. The van der Waals surface area contributed by atoms with Crippen LogP contribution in [0.1, 0.15) is 116 Å². The first-order chi connectivity index (χ1) is 21.4. The molecular weight excluding hydrogens is 598 g/mol. The van der Waals surface area contributed by atoms with Crippen LogP contribution < -0.4 is 10.6 Å². The topological polar surface area (TPSA) is 148 Å². The number of halogens is 4. The molecule has 242 valence electrons. The number of imidazole rings is 1. The van der Waals surface area contributed by atoms with E-state index in [1.54, 1.807) is 18.5 Å². The Kier molecular flexibility index (Phi) is 7.56. The molecule has 3 aromatic heterocycles. The van der Waals surface area contributed by atoms with Crippen molar-refractivity contribution in [2.45, 2.75) is 101 Å². The Morgan fingerprint density at radius 3 is 2.31 bits per heavy atom. The smallest absolute Gasteiger partial charge is 0.276 e. The first-order valence-corrected chi connectivity index (χ1v) is 15.7. The lowest BCUT2D eigenvalue weighted by Gasteiger charge is -2.34. The molecule has 0 aromatic carbocycles. The van der Waals surface area contributed by atoms with Crippen LogP contribution in [-0.2, 0) is 4.79 Å². The van der Waals surface area contributed by atoms with Crippen LogP contribution in [0.3, 0.4) is 0 Å². The number of fused-ring (bicyclic) bond motifs is 1. The van der Waals surface area contributed by atoms with Crippen LogP contribution in [0.2, 0.25) is 0 Å². The molecule has 4 aliphatic carbocycles. The molecule has 4 fully saturated rings. The largest absolute Gasteiger partial charge is 0.386 e. The molecule has 3 heterocycles. The predicted octanol–water partition coefficient (Wildman–Crippen LogP) is 4.86. The van der Waals surface area contributed by atoms with Crippen molar-refractivity contribution in [3.05, 3.63) is 41.1 Å². The number of alkyl halides is 4. The van der Waals surface area contributed by atoms with Crippen molar-refractivity contribution in [2.75, 3.05) is 0 Å². The standard InChI is InChI=1S/C30H35F4N7O4/c31-29(32)7-5-17(6-8-29)24(38-28(44)26-25(39-45-40-26)27(43)18-3-4-18)20-14-41-21(36-20)10-19(13-35-41)23(16-1-2-16)37-22(42)9-15-11-30(33,34)12-15/h10,13-18,23-24,27,43H,1-9,11-12H2,(H,37,42)(H,38,44)/t23-,24+,27-/m1/s1. The fourth-order valence-corrected chi connectivity index (χ4v) is 6.78. The number of carbonyl (C=O) groups is 2. The summed E-state index contributed by atoms with van der Waals surface area (Å²) >= 11 is 0. The molecule has 4 saturated carbocycles. The fourth-order valence-electron chi connectivity index (χ4n) is 6.78. The summed E-state index contributed by atoms with van der Waals surface area (Å²) < 4.78 is 61.0. The minimum atomic E-state index is -2.78. The van der Waals surface area contributed by atoms with Crippen molar-refractivity contribution in [2.24, 2.45) is 23.7 Å². The Hall–Kier alpha value is -3.62. The van der Waals surface area contributed by atoms with Gasteiger partial charge in [0.25, 0.3) is 5.91 Å². The Morgan fingerprint density at radius 1 is 0.956 bits per heavy atom. The summed E-state index contributed by atoms with van der Waals surface area (Å²) in [6, 6.07) is 0.681. The van der Waals surface area contributed by atoms with Crippen molar-refractivity contribution in [3.8, 4) is 0 Å². The van der Waals surface area contributed by atoms with E-state index in [-0.39, 0.29) is 92.0 Å². The van der Waals surface area contributed by atoms with Gasteiger partial charge >= 0.3 is 0 Å². The van der Waals surface area contributed by atoms with E-state index >= 15 is 0 Å². The van der Waals surface area contributed by atoms with Crippen LogP contribution in [0.4, 0.5) is 17.6 Å². The SMILES string of the molecule is O=C(CC1CC(F)(F)C1)N[C@@H](c1cnn2cc([C@@H](NC(=O)c3nonc3[C@H](O)C3CC3)C3CCC(F)(F)CC3)nc2c1)C1CC1. The summed E-state index contributed by atoms with van der Waals surface area (Å²) in [7, 11) is 0. The van der Waals surface area contributed by atoms with Gasteiger partial charge in [0.05, 0.1) is 30.2 Å². The average molecular weight is 634 g/mol. The third-order valence-electron chi connectivity index (χ3n) is 9.69. The van der Waals surface area contributed by atoms with Crippen LogP contribution in [0, 0.1) is 23.7 Å². The molecule has 2 amide bonds. The van der Waals surface area contributed by atoms with E-state index in [1.165, 1.54) is 4.52 Å². The normalized spacial score (nSPS) is 23.7. The molecule has 0 bridgehead atoms. The molecule has 0 aliphatic heterocycles. The summed E-state index contributed by atoms with van der Waals surface area (Å²) in [5, 5.41) is 28.5. The summed E-state index contributed by atoms with van der Waals surface area (Å²) in [6.45, 7) is 0. The van der Waals surface area contributed by atoms with Crippen molar-refractivity contribution < 1.29 is 36.9 Å². The highest BCUT2D eigenvalue weighted by Gasteiger charge is 2.46. The quantitative estimate of drug-likeness (QED) is 0.254. The summed E-state index contributed by atoms with van der Waals surface area (Å²) in [4.78, 5) is 30.9. The molecule has 15 heteroatoms. The second-order valence-electron chi connectivity index (χ2n) is 13.4. The molecule has 0 unspecified atom stereocenters. The number of amides is 2. The molecule has 3 atom stereocenters. The number of nitrogens with zero attached hydrogens (tertiary/aromatic N) is 5. The number of carbonyl (C=O) groups excluding carboxylic acids is 2. The molecular formula is C30H35F4N7O4. The summed E-state index contributed by atoms with van der Waals surface area (Å²) in [5.74, 6) is -6.90. The van der Waals surface area contributed by atoms with Crippen LogP contribution >= 0.6 is 0 Å². The highest BCUT2D eigenvalue weighted by Crippen LogP contribution is 2.46. The van der Waals surface area contributed by atoms with E-state index in [1.807, 2.05) is 0 Å². The maximum absolute atomic E-state index is 14.1. The van der Waals surface area contributed by atoms with E-state index in [9.17, 15) is 32.3 Å². The van der Waals surface area contributed by atoms with Gasteiger partial charge < -0.3 is 15.7 Å².